The number of carbonyl (C=O) groups excluding carboxylic acids is 1. The summed E-state index contributed by atoms with van der Waals surface area (Å²) in [5.41, 5.74) is 4.26. The van der Waals surface area contributed by atoms with Gasteiger partial charge in [0.2, 0.25) is 5.91 Å². The van der Waals surface area contributed by atoms with Crippen molar-refractivity contribution in [3.05, 3.63) is 40.7 Å². The summed E-state index contributed by atoms with van der Waals surface area (Å²) in [6.45, 7) is 9.78. The van der Waals surface area contributed by atoms with E-state index in [-0.39, 0.29) is 5.91 Å². The van der Waals surface area contributed by atoms with E-state index in [2.05, 4.69) is 35.9 Å². The number of hydrogen-bond donors (Lipinski definition) is 1. The van der Waals surface area contributed by atoms with Gasteiger partial charge in [0.25, 0.3) is 0 Å². The van der Waals surface area contributed by atoms with Crippen molar-refractivity contribution in [3.8, 4) is 11.5 Å². The second-order valence-corrected chi connectivity index (χ2v) is 7.18. The maximum absolute atomic E-state index is 12.3. The minimum atomic E-state index is 0.0169. The van der Waals surface area contributed by atoms with E-state index in [1.54, 1.807) is 14.2 Å². The third kappa shape index (κ3) is 5.49. The molecule has 0 atom stereocenters. The van der Waals surface area contributed by atoms with Crippen molar-refractivity contribution in [1.82, 2.24) is 15.1 Å². The largest absolute Gasteiger partial charge is 0.497 e. The molecule has 1 amide bonds. The standard InChI is InChI=1S/C21H31N3O3/c1-14(2)13-24-16(4)19(15(3)23-24)9-10-21(25)22-12-17-7-8-18(26-5)11-20(17)27-6/h7-8,11,14H,9-10,12-13H2,1-6H3,(H,22,25). The molecule has 148 valence electrons. The van der Waals surface area contributed by atoms with Crippen LogP contribution in [0.2, 0.25) is 0 Å². The van der Waals surface area contributed by atoms with E-state index in [0.29, 0.717) is 31.1 Å². The fraction of sp³-hybridized carbons (Fsp3) is 0.524. The van der Waals surface area contributed by atoms with Crippen molar-refractivity contribution in [2.45, 2.75) is 53.6 Å². The Labute approximate surface area is 161 Å². The van der Waals surface area contributed by atoms with Gasteiger partial charge in [-0.1, -0.05) is 13.8 Å². The molecule has 0 radical (unpaired) electrons. The molecule has 1 N–H and O–H groups in total. The van der Waals surface area contributed by atoms with Crippen LogP contribution in [0.3, 0.4) is 0 Å². The van der Waals surface area contributed by atoms with E-state index < -0.39 is 0 Å². The normalized spacial score (nSPS) is 10.9. The molecule has 0 saturated heterocycles. The number of aromatic nitrogens is 2. The maximum Gasteiger partial charge on any atom is 0.220 e. The summed E-state index contributed by atoms with van der Waals surface area (Å²) in [7, 11) is 3.23. The van der Waals surface area contributed by atoms with Crippen LogP contribution in [0, 0.1) is 19.8 Å². The van der Waals surface area contributed by atoms with Gasteiger partial charge < -0.3 is 14.8 Å². The Morgan fingerprint density at radius 1 is 1.22 bits per heavy atom. The van der Waals surface area contributed by atoms with Gasteiger partial charge in [0, 0.05) is 36.8 Å². The number of aryl methyl sites for hydroxylation is 1. The number of benzene rings is 1. The molecular formula is C21H31N3O3. The van der Waals surface area contributed by atoms with Crippen molar-refractivity contribution in [2.75, 3.05) is 14.2 Å². The molecule has 0 saturated carbocycles. The molecule has 2 aromatic rings. The average Bonchev–Trinajstić information content (AvgIpc) is 2.90. The van der Waals surface area contributed by atoms with E-state index in [1.165, 1.54) is 5.56 Å². The summed E-state index contributed by atoms with van der Waals surface area (Å²) in [5, 5.41) is 7.59. The number of ether oxygens (including phenoxy) is 2. The van der Waals surface area contributed by atoms with Crippen LogP contribution < -0.4 is 14.8 Å². The highest BCUT2D eigenvalue weighted by molar-refractivity contribution is 5.76. The van der Waals surface area contributed by atoms with E-state index in [4.69, 9.17) is 9.47 Å². The highest BCUT2D eigenvalue weighted by Crippen LogP contribution is 2.24. The lowest BCUT2D eigenvalue weighted by atomic mass is 10.1. The Hall–Kier alpha value is -2.50. The molecule has 6 nitrogen and oxygen atoms in total. The molecule has 0 fully saturated rings. The molecule has 0 aliphatic carbocycles. The van der Waals surface area contributed by atoms with Crippen LogP contribution in [0.5, 0.6) is 11.5 Å². The average molecular weight is 373 g/mol. The summed E-state index contributed by atoms with van der Waals surface area (Å²) in [4.78, 5) is 12.3. The maximum atomic E-state index is 12.3. The molecule has 1 aromatic heterocycles. The Morgan fingerprint density at radius 2 is 1.96 bits per heavy atom. The Morgan fingerprint density at radius 3 is 2.59 bits per heavy atom. The van der Waals surface area contributed by atoms with E-state index in [1.807, 2.05) is 25.1 Å². The van der Waals surface area contributed by atoms with Crippen molar-refractivity contribution in [2.24, 2.45) is 5.92 Å². The van der Waals surface area contributed by atoms with Crippen molar-refractivity contribution < 1.29 is 14.3 Å². The Balaban J connectivity index is 1.93. The van der Waals surface area contributed by atoms with Crippen LogP contribution in [0.4, 0.5) is 0 Å². The van der Waals surface area contributed by atoms with Gasteiger partial charge in [-0.25, -0.2) is 0 Å². The van der Waals surface area contributed by atoms with Crippen LogP contribution in [0.1, 0.15) is 42.8 Å². The second kappa shape index (κ2) is 9.44. The summed E-state index contributed by atoms with van der Waals surface area (Å²) < 4.78 is 12.6. The smallest absolute Gasteiger partial charge is 0.220 e. The Kier molecular flexibility index (Phi) is 7.28. The lowest BCUT2D eigenvalue weighted by Crippen LogP contribution is -2.23. The minimum absolute atomic E-state index is 0.0169. The fourth-order valence-corrected chi connectivity index (χ4v) is 3.14. The topological polar surface area (TPSA) is 65.4 Å². The molecule has 1 heterocycles. The SMILES string of the molecule is COc1ccc(CNC(=O)CCc2c(C)nn(CC(C)C)c2C)c(OC)c1. The summed E-state index contributed by atoms with van der Waals surface area (Å²) in [6.07, 6.45) is 1.13. The van der Waals surface area contributed by atoms with Crippen molar-refractivity contribution in [1.29, 1.82) is 0 Å². The van der Waals surface area contributed by atoms with Crippen LogP contribution in [-0.4, -0.2) is 29.9 Å². The first kappa shape index (κ1) is 20.8. The van der Waals surface area contributed by atoms with Crippen molar-refractivity contribution >= 4 is 5.91 Å². The van der Waals surface area contributed by atoms with Gasteiger partial charge in [0.15, 0.2) is 0 Å². The first-order valence-corrected chi connectivity index (χ1v) is 9.36. The monoisotopic (exact) mass is 373 g/mol. The molecule has 0 spiro atoms. The molecule has 0 aliphatic heterocycles. The Bertz CT molecular complexity index is 781. The minimum Gasteiger partial charge on any atom is -0.497 e. The third-order valence-electron chi connectivity index (χ3n) is 4.64. The summed E-state index contributed by atoms with van der Waals surface area (Å²) in [5.74, 6) is 1.99. The van der Waals surface area contributed by atoms with Gasteiger partial charge in [-0.05, 0) is 43.9 Å². The summed E-state index contributed by atoms with van der Waals surface area (Å²) in [6, 6.07) is 5.58. The molecule has 2 rings (SSSR count). The highest BCUT2D eigenvalue weighted by Gasteiger charge is 2.14. The van der Waals surface area contributed by atoms with Gasteiger partial charge in [0.1, 0.15) is 11.5 Å². The summed E-state index contributed by atoms with van der Waals surface area (Å²) >= 11 is 0. The van der Waals surface area contributed by atoms with Crippen LogP contribution in [-0.2, 0) is 24.3 Å². The van der Waals surface area contributed by atoms with Gasteiger partial charge >= 0.3 is 0 Å². The highest BCUT2D eigenvalue weighted by atomic mass is 16.5. The number of hydrogen-bond acceptors (Lipinski definition) is 4. The molecule has 0 aliphatic rings. The van der Waals surface area contributed by atoms with Gasteiger partial charge in [-0.15, -0.1) is 0 Å². The zero-order chi connectivity index (χ0) is 20.0. The van der Waals surface area contributed by atoms with Crippen molar-refractivity contribution in [3.63, 3.8) is 0 Å². The first-order valence-electron chi connectivity index (χ1n) is 9.36. The molecular weight excluding hydrogens is 342 g/mol. The van der Waals surface area contributed by atoms with Crippen LogP contribution in [0.15, 0.2) is 18.2 Å². The van der Waals surface area contributed by atoms with Crippen LogP contribution in [0.25, 0.3) is 0 Å². The zero-order valence-corrected chi connectivity index (χ0v) is 17.3. The third-order valence-corrected chi connectivity index (χ3v) is 4.64. The zero-order valence-electron chi connectivity index (χ0n) is 17.3. The number of nitrogens with zero attached hydrogens (tertiary/aromatic N) is 2. The number of rotatable bonds is 9. The number of carbonyl (C=O) groups is 1. The molecule has 0 bridgehead atoms. The molecule has 27 heavy (non-hydrogen) atoms. The first-order chi connectivity index (χ1) is 12.8. The quantitative estimate of drug-likeness (QED) is 0.731. The number of nitrogens with one attached hydrogen (secondary N) is 1. The lowest BCUT2D eigenvalue weighted by molar-refractivity contribution is -0.121. The molecule has 6 heteroatoms. The van der Waals surface area contributed by atoms with E-state index in [0.717, 1.165) is 29.2 Å². The van der Waals surface area contributed by atoms with Gasteiger partial charge in [0.05, 0.1) is 19.9 Å². The number of amides is 1. The molecule has 1 aromatic carbocycles. The van der Waals surface area contributed by atoms with Gasteiger partial charge in [-0.3, -0.25) is 9.48 Å². The van der Waals surface area contributed by atoms with E-state index in [9.17, 15) is 4.79 Å². The second-order valence-electron chi connectivity index (χ2n) is 7.18. The van der Waals surface area contributed by atoms with Crippen LogP contribution >= 0.6 is 0 Å². The fourth-order valence-electron chi connectivity index (χ4n) is 3.14. The number of methoxy groups -OCH3 is 2. The lowest BCUT2D eigenvalue weighted by Gasteiger charge is -2.11. The molecule has 0 unspecified atom stereocenters. The predicted octanol–water partition coefficient (Wildman–Crippen LogP) is 3.42. The van der Waals surface area contributed by atoms with Gasteiger partial charge in [-0.2, -0.15) is 5.10 Å². The predicted molar refractivity (Wildman–Crippen MR) is 106 cm³/mol. The van der Waals surface area contributed by atoms with E-state index >= 15 is 0 Å².